The number of nitrogens with zero attached hydrogens (tertiary/aromatic N) is 1. The lowest BCUT2D eigenvalue weighted by Crippen LogP contribution is -2.56. The molecular weight excluding hydrogens is 446 g/mol. The van der Waals surface area contributed by atoms with E-state index in [0.717, 1.165) is 17.0 Å². The van der Waals surface area contributed by atoms with Crippen molar-refractivity contribution >= 4 is 23.3 Å². The first-order chi connectivity index (χ1) is 16.6. The van der Waals surface area contributed by atoms with Crippen LogP contribution in [0.15, 0.2) is 72.8 Å². The van der Waals surface area contributed by atoms with E-state index in [1.54, 1.807) is 0 Å². The quantitative estimate of drug-likeness (QED) is 0.440. The van der Waals surface area contributed by atoms with Gasteiger partial charge in [0.25, 0.3) is 0 Å². The van der Waals surface area contributed by atoms with Gasteiger partial charge in [0.05, 0.1) is 25.3 Å². The van der Waals surface area contributed by atoms with Gasteiger partial charge < -0.3 is 9.47 Å². The maximum atomic E-state index is 13.4. The molecule has 2 unspecified atom stereocenters. The summed E-state index contributed by atoms with van der Waals surface area (Å²) < 4.78 is 11.8. The highest BCUT2D eigenvalue weighted by molar-refractivity contribution is 6.30. The smallest absolute Gasteiger partial charge is 0.410 e. The van der Waals surface area contributed by atoms with E-state index in [4.69, 9.17) is 21.1 Å². The average molecular weight is 472 g/mol. The molecule has 0 aromatic heterocycles. The molecule has 3 aromatic carbocycles. The van der Waals surface area contributed by atoms with E-state index in [2.05, 4.69) is 61.5 Å². The molecule has 2 heterocycles. The van der Waals surface area contributed by atoms with E-state index < -0.39 is 0 Å². The summed E-state index contributed by atoms with van der Waals surface area (Å²) in [5.41, 5.74) is 8.45. The van der Waals surface area contributed by atoms with E-state index >= 15 is 0 Å². The summed E-state index contributed by atoms with van der Waals surface area (Å²) in [4.78, 5) is 15.2. The van der Waals surface area contributed by atoms with E-state index in [1.807, 2.05) is 23.1 Å². The monoisotopic (exact) mass is 471 g/mol. The summed E-state index contributed by atoms with van der Waals surface area (Å²) in [5.74, 6) is 0.0532. The van der Waals surface area contributed by atoms with Crippen LogP contribution in [0.5, 0.6) is 0 Å². The Hall–Kier alpha value is -3.08. The van der Waals surface area contributed by atoms with E-state index in [1.165, 1.54) is 33.4 Å². The van der Waals surface area contributed by atoms with Gasteiger partial charge in [-0.3, -0.25) is 4.90 Å². The third kappa shape index (κ3) is 3.62. The molecule has 34 heavy (non-hydrogen) atoms. The number of carbonyl (C=O) groups excluding carboxylic acids is 1. The summed E-state index contributed by atoms with van der Waals surface area (Å²) >= 11 is 6.27. The van der Waals surface area contributed by atoms with Crippen molar-refractivity contribution < 1.29 is 14.3 Å². The summed E-state index contributed by atoms with van der Waals surface area (Å²) in [6.45, 7) is 3.41. The number of amides is 1. The summed E-state index contributed by atoms with van der Waals surface area (Å²) in [6.07, 6.45) is 2.61. The third-order valence-electron chi connectivity index (χ3n) is 7.29. The number of carbonyl (C=O) groups is 1. The Kier molecular flexibility index (Phi) is 5.43. The fourth-order valence-corrected chi connectivity index (χ4v) is 5.86. The van der Waals surface area contributed by atoms with Crippen LogP contribution in [0.3, 0.4) is 0 Å². The van der Waals surface area contributed by atoms with Gasteiger partial charge in [-0.2, -0.15) is 0 Å². The minimum Gasteiger partial charge on any atom is -0.448 e. The van der Waals surface area contributed by atoms with Crippen molar-refractivity contribution in [1.82, 2.24) is 4.90 Å². The molecule has 6 rings (SSSR count). The predicted molar refractivity (Wildman–Crippen MR) is 134 cm³/mol. The van der Waals surface area contributed by atoms with Crippen LogP contribution in [0.1, 0.15) is 34.6 Å². The standard InChI is InChI=1S/C29H26ClNO3/c1-18-10-11-20(30)14-27(18)19-12-21-15-33-16-22(13-19)31(21)29(32)34-17-28-25-8-4-2-6-23(25)24-7-3-5-9-26(24)28/h2-12,14,21-22,28H,13,15-17H2,1H3. The van der Waals surface area contributed by atoms with Crippen LogP contribution in [-0.4, -0.2) is 42.9 Å². The van der Waals surface area contributed by atoms with Crippen molar-refractivity contribution in [2.45, 2.75) is 31.3 Å². The number of hydrogen-bond acceptors (Lipinski definition) is 3. The average Bonchev–Trinajstić information content (AvgIpc) is 3.17. The molecule has 0 radical (unpaired) electrons. The number of ether oxygens (including phenoxy) is 2. The Labute approximate surface area is 204 Å². The lowest BCUT2D eigenvalue weighted by molar-refractivity contribution is -0.0331. The minimum atomic E-state index is -0.265. The lowest BCUT2D eigenvalue weighted by Gasteiger charge is -2.44. The molecule has 2 atom stereocenters. The zero-order valence-corrected chi connectivity index (χ0v) is 19.8. The van der Waals surface area contributed by atoms with Crippen LogP contribution < -0.4 is 0 Å². The van der Waals surface area contributed by atoms with Crippen molar-refractivity contribution in [3.05, 3.63) is 100 Å². The first-order valence-corrected chi connectivity index (χ1v) is 12.2. The molecule has 172 valence electrons. The zero-order chi connectivity index (χ0) is 23.2. The topological polar surface area (TPSA) is 38.8 Å². The Morgan fingerprint density at radius 3 is 2.41 bits per heavy atom. The fourth-order valence-electron chi connectivity index (χ4n) is 5.69. The van der Waals surface area contributed by atoms with Gasteiger partial charge in [-0.15, -0.1) is 0 Å². The van der Waals surface area contributed by atoms with E-state index in [0.29, 0.717) is 19.8 Å². The second-order valence-corrected chi connectivity index (χ2v) is 9.76. The molecule has 1 saturated heterocycles. The maximum absolute atomic E-state index is 13.4. The summed E-state index contributed by atoms with van der Waals surface area (Å²) in [6, 6.07) is 22.6. The largest absolute Gasteiger partial charge is 0.448 e. The number of aryl methyl sites for hydroxylation is 1. The second-order valence-electron chi connectivity index (χ2n) is 9.33. The Bertz CT molecular complexity index is 1250. The third-order valence-corrected chi connectivity index (χ3v) is 7.53. The van der Waals surface area contributed by atoms with Crippen molar-refractivity contribution in [1.29, 1.82) is 0 Å². The molecular formula is C29H26ClNO3. The van der Waals surface area contributed by atoms with Crippen LogP contribution in [-0.2, 0) is 9.47 Å². The highest BCUT2D eigenvalue weighted by Gasteiger charge is 2.40. The molecule has 0 spiro atoms. The Balaban J connectivity index is 1.23. The number of fused-ring (bicyclic) bond motifs is 5. The molecule has 1 aliphatic carbocycles. The van der Waals surface area contributed by atoms with Crippen LogP contribution >= 0.6 is 11.6 Å². The second kappa shape index (κ2) is 8.61. The highest BCUT2D eigenvalue weighted by Crippen LogP contribution is 2.44. The number of benzene rings is 3. The maximum Gasteiger partial charge on any atom is 0.410 e. The molecule has 3 aliphatic rings. The zero-order valence-electron chi connectivity index (χ0n) is 19.0. The molecule has 0 saturated carbocycles. The normalized spacial score (nSPS) is 21.0. The number of hydrogen-bond donors (Lipinski definition) is 0. The number of halogens is 1. The van der Waals surface area contributed by atoms with Gasteiger partial charge >= 0.3 is 6.09 Å². The van der Waals surface area contributed by atoms with Crippen molar-refractivity contribution in [3.63, 3.8) is 0 Å². The van der Waals surface area contributed by atoms with Gasteiger partial charge in [0, 0.05) is 10.9 Å². The first-order valence-electron chi connectivity index (χ1n) is 11.8. The SMILES string of the molecule is Cc1ccc(Cl)cc1C1=CC2COCC(C1)N2C(=O)OCC1c2ccccc2-c2ccccc21. The Morgan fingerprint density at radius 2 is 1.71 bits per heavy atom. The van der Waals surface area contributed by atoms with Gasteiger partial charge in [-0.05, 0) is 64.4 Å². The summed E-state index contributed by atoms with van der Waals surface area (Å²) in [7, 11) is 0. The highest BCUT2D eigenvalue weighted by atomic mass is 35.5. The minimum absolute atomic E-state index is 0.0483. The molecule has 2 bridgehead atoms. The number of rotatable bonds is 3. The van der Waals surface area contributed by atoms with Crippen LogP contribution in [0.25, 0.3) is 16.7 Å². The van der Waals surface area contributed by atoms with E-state index in [9.17, 15) is 4.79 Å². The van der Waals surface area contributed by atoms with Crippen molar-refractivity contribution in [2.24, 2.45) is 0 Å². The molecule has 1 fully saturated rings. The molecule has 4 nitrogen and oxygen atoms in total. The van der Waals surface area contributed by atoms with Crippen LogP contribution in [0, 0.1) is 6.92 Å². The number of morpholine rings is 1. The van der Waals surface area contributed by atoms with Gasteiger partial charge in [0.1, 0.15) is 6.61 Å². The predicted octanol–water partition coefficient (Wildman–Crippen LogP) is 6.45. The first kappa shape index (κ1) is 21.5. The van der Waals surface area contributed by atoms with E-state index in [-0.39, 0.29) is 24.1 Å². The van der Waals surface area contributed by atoms with Crippen LogP contribution in [0.4, 0.5) is 4.79 Å². The van der Waals surface area contributed by atoms with Gasteiger partial charge in [-0.1, -0.05) is 72.3 Å². The lowest BCUT2D eigenvalue weighted by atomic mass is 9.88. The van der Waals surface area contributed by atoms with Gasteiger partial charge in [0.2, 0.25) is 0 Å². The molecule has 0 N–H and O–H groups in total. The Morgan fingerprint density at radius 1 is 1.00 bits per heavy atom. The molecule has 1 amide bonds. The molecule has 5 heteroatoms. The van der Waals surface area contributed by atoms with Crippen molar-refractivity contribution in [3.8, 4) is 11.1 Å². The summed E-state index contributed by atoms with van der Waals surface area (Å²) in [5, 5.41) is 0.724. The van der Waals surface area contributed by atoms with Crippen LogP contribution in [0.2, 0.25) is 5.02 Å². The van der Waals surface area contributed by atoms with Gasteiger partial charge in [-0.25, -0.2) is 4.79 Å². The molecule has 2 aliphatic heterocycles. The van der Waals surface area contributed by atoms with Gasteiger partial charge in [0.15, 0.2) is 0 Å². The fraction of sp³-hybridized carbons (Fsp3) is 0.276. The van der Waals surface area contributed by atoms with Crippen molar-refractivity contribution in [2.75, 3.05) is 19.8 Å². The molecule has 3 aromatic rings.